The van der Waals surface area contributed by atoms with Gasteiger partial charge in [0, 0.05) is 28.0 Å². The van der Waals surface area contributed by atoms with Gasteiger partial charge in [-0.1, -0.05) is 53.5 Å². The van der Waals surface area contributed by atoms with Gasteiger partial charge in [-0.05, 0) is 43.2 Å². The summed E-state index contributed by atoms with van der Waals surface area (Å²) in [6.45, 7) is 4.97. The van der Waals surface area contributed by atoms with Gasteiger partial charge in [0.15, 0.2) is 0 Å². The third kappa shape index (κ3) is 3.51. The number of halogens is 2. The lowest BCUT2D eigenvalue weighted by atomic mass is 10.2. The van der Waals surface area contributed by atoms with Crippen molar-refractivity contribution in [2.24, 2.45) is 0 Å². The molecule has 0 aliphatic heterocycles. The lowest BCUT2D eigenvalue weighted by molar-refractivity contribution is 0.790. The third-order valence-corrected chi connectivity index (χ3v) is 5.15. The maximum atomic E-state index is 6.12. The van der Waals surface area contributed by atoms with Crippen LogP contribution in [0.2, 0.25) is 10.0 Å². The molecule has 2 aromatic carbocycles. The molecule has 0 radical (unpaired) electrons. The van der Waals surface area contributed by atoms with E-state index in [4.69, 9.17) is 23.2 Å². The maximum absolute atomic E-state index is 6.12. The predicted molar refractivity (Wildman–Crippen MR) is 112 cm³/mol. The second-order valence-electron chi connectivity index (χ2n) is 6.49. The monoisotopic (exact) mass is 396 g/mol. The van der Waals surface area contributed by atoms with Gasteiger partial charge in [0.25, 0.3) is 0 Å². The highest BCUT2D eigenvalue weighted by molar-refractivity contribution is 6.35. The highest BCUT2D eigenvalue weighted by atomic mass is 35.5. The molecule has 4 nitrogen and oxygen atoms in total. The largest absolute Gasteiger partial charge is 0.339 e. The van der Waals surface area contributed by atoms with Gasteiger partial charge >= 0.3 is 0 Å². The molecule has 0 amide bonds. The van der Waals surface area contributed by atoms with Crippen molar-refractivity contribution < 1.29 is 0 Å². The first kappa shape index (κ1) is 17.8. The Hall–Kier alpha value is -2.56. The lowest BCUT2D eigenvalue weighted by Gasteiger charge is -2.09. The Morgan fingerprint density at radius 1 is 0.963 bits per heavy atom. The molecule has 0 saturated carbocycles. The summed E-state index contributed by atoms with van der Waals surface area (Å²) in [5, 5.41) is 5.49. The number of nitrogens with zero attached hydrogens (tertiary/aromatic N) is 3. The van der Waals surface area contributed by atoms with E-state index in [0.717, 1.165) is 34.6 Å². The molecule has 0 saturated heterocycles. The minimum atomic E-state index is 0.574. The van der Waals surface area contributed by atoms with Crippen LogP contribution in [0.15, 0.2) is 54.9 Å². The molecule has 2 heterocycles. The molecule has 0 atom stereocenters. The van der Waals surface area contributed by atoms with Gasteiger partial charge in [-0.3, -0.25) is 0 Å². The summed E-state index contributed by atoms with van der Waals surface area (Å²) in [4.78, 5) is 9.02. The number of benzene rings is 2. The fourth-order valence-corrected chi connectivity index (χ4v) is 3.81. The van der Waals surface area contributed by atoms with E-state index in [-0.39, 0.29) is 0 Å². The fourth-order valence-electron chi connectivity index (χ4n) is 3.29. The first-order valence-corrected chi connectivity index (χ1v) is 9.36. The standard InChI is InChI=1S/C21H18Cl2N4/c1-13-14(2)27(11-15-6-4-3-5-7-15)21-19(13)20(24-12-25-21)26-18-9-16(22)8-17(23)10-18/h3-10,12H,11H2,1-2H3,(H,24,25,26). The number of anilines is 2. The minimum absolute atomic E-state index is 0.574. The van der Waals surface area contributed by atoms with Crippen molar-refractivity contribution in [3.8, 4) is 0 Å². The van der Waals surface area contributed by atoms with Crippen molar-refractivity contribution >= 4 is 45.7 Å². The summed E-state index contributed by atoms with van der Waals surface area (Å²) in [7, 11) is 0. The van der Waals surface area contributed by atoms with Gasteiger partial charge in [-0.25, -0.2) is 9.97 Å². The summed E-state index contributed by atoms with van der Waals surface area (Å²) in [6, 6.07) is 15.7. The van der Waals surface area contributed by atoms with Crippen LogP contribution in [-0.2, 0) is 6.54 Å². The van der Waals surface area contributed by atoms with Crippen molar-refractivity contribution in [2.75, 3.05) is 5.32 Å². The van der Waals surface area contributed by atoms with Crippen LogP contribution < -0.4 is 5.32 Å². The van der Waals surface area contributed by atoms with Crippen molar-refractivity contribution in [1.29, 1.82) is 0 Å². The number of hydrogen-bond donors (Lipinski definition) is 1. The van der Waals surface area contributed by atoms with Crippen LogP contribution in [0.25, 0.3) is 11.0 Å². The van der Waals surface area contributed by atoms with E-state index in [1.165, 1.54) is 11.3 Å². The molecular weight excluding hydrogens is 379 g/mol. The Morgan fingerprint density at radius 2 is 1.67 bits per heavy atom. The first-order valence-electron chi connectivity index (χ1n) is 8.60. The number of aromatic nitrogens is 3. The molecule has 4 aromatic rings. The molecule has 2 aromatic heterocycles. The fraction of sp³-hybridized carbons (Fsp3) is 0.143. The molecule has 1 N–H and O–H groups in total. The molecule has 0 aliphatic rings. The Kier molecular flexibility index (Phi) is 4.77. The Bertz CT molecular complexity index is 1100. The van der Waals surface area contributed by atoms with Crippen LogP contribution in [0.3, 0.4) is 0 Å². The predicted octanol–water partition coefficient (Wildman–Crippen LogP) is 6.15. The number of hydrogen-bond acceptors (Lipinski definition) is 3. The summed E-state index contributed by atoms with van der Waals surface area (Å²) < 4.78 is 2.22. The van der Waals surface area contributed by atoms with Crippen molar-refractivity contribution in [3.63, 3.8) is 0 Å². The van der Waals surface area contributed by atoms with Gasteiger partial charge in [-0.2, -0.15) is 0 Å². The average Bonchev–Trinajstić information content (AvgIpc) is 2.88. The summed E-state index contributed by atoms with van der Waals surface area (Å²) in [6.07, 6.45) is 1.58. The van der Waals surface area contributed by atoms with Crippen LogP contribution in [0.5, 0.6) is 0 Å². The van der Waals surface area contributed by atoms with Crippen molar-refractivity contribution in [1.82, 2.24) is 14.5 Å². The van der Waals surface area contributed by atoms with Gasteiger partial charge in [0.2, 0.25) is 0 Å². The van der Waals surface area contributed by atoms with Crippen LogP contribution in [0.4, 0.5) is 11.5 Å². The van der Waals surface area contributed by atoms with Gasteiger partial charge in [-0.15, -0.1) is 0 Å². The summed E-state index contributed by atoms with van der Waals surface area (Å²) in [5.74, 6) is 0.741. The second-order valence-corrected chi connectivity index (χ2v) is 7.36. The minimum Gasteiger partial charge on any atom is -0.339 e. The van der Waals surface area contributed by atoms with E-state index < -0.39 is 0 Å². The number of fused-ring (bicyclic) bond motifs is 1. The molecule has 0 bridgehead atoms. The van der Waals surface area contributed by atoms with Crippen LogP contribution >= 0.6 is 23.2 Å². The van der Waals surface area contributed by atoms with Gasteiger partial charge in [0.05, 0.1) is 5.39 Å². The zero-order valence-electron chi connectivity index (χ0n) is 15.0. The van der Waals surface area contributed by atoms with Crippen LogP contribution in [0, 0.1) is 13.8 Å². The zero-order chi connectivity index (χ0) is 19.0. The molecule has 0 aliphatic carbocycles. The van der Waals surface area contributed by atoms with E-state index >= 15 is 0 Å². The normalized spacial score (nSPS) is 11.1. The molecule has 0 fully saturated rings. The van der Waals surface area contributed by atoms with Gasteiger partial charge in [0.1, 0.15) is 17.8 Å². The van der Waals surface area contributed by atoms with E-state index in [2.05, 4.69) is 45.8 Å². The molecule has 136 valence electrons. The zero-order valence-corrected chi connectivity index (χ0v) is 16.5. The van der Waals surface area contributed by atoms with E-state index in [1.807, 2.05) is 30.3 Å². The number of nitrogens with one attached hydrogen (secondary N) is 1. The Labute approximate surface area is 167 Å². The number of aryl methyl sites for hydroxylation is 1. The van der Waals surface area contributed by atoms with Crippen molar-refractivity contribution in [2.45, 2.75) is 20.4 Å². The highest BCUT2D eigenvalue weighted by Gasteiger charge is 2.17. The molecular formula is C21H18Cl2N4. The molecule has 4 rings (SSSR count). The summed E-state index contributed by atoms with van der Waals surface area (Å²) >= 11 is 12.2. The second kappa shape index (κ2) is 7.22. The Morgan fingerprint density at radius 3 is 2.37 bits per heavy atom. The first-order chi connectivity index (χ1) is 13.0. The van der Waals surface area contributed by atoms with Gasteiger partial charge < -0.3 is 9.88 Å². The summed E-state index contributed by atoms with van der Waals surface area (Å²) in [5.41, 5.74) is 5.24. The maximum Gasteiger partial charge on any atom is 0.146 e. The SMILES string of the molecule is Cc1c(C)n(Cc2ccccc2)c2ncnc(Nc3cc(Cl)cc(Cl)c3)c12. The molecule has 6 heteroatoms. The lowest BCUT2D eigenvalue weighted by Crippen LogP contribution is -2.03. The molecule has 0 unspecified atom stereocenters. The van der Waals surface area contributed by atoms with Crippen molar-refractivity contribution in [3.05, 3.63) is 81.7 Å². The quantitative estimate of drug-likeness (QED) is 0.449. The number of rotatable bonds is 4. The topological polar surface area (TPSA) is 42.7 Å². The van der Waals surface area contributed by atoms with E-state index in [1.54, 1.807) is 12.4 Å². The van der Waals surface area contributed by atoms with Crippen LogP contribution in [-0.4, -0.2) is 14.5 Å². The van der Waals surface area contributed by atoms with Crippen LogP contribution in [0.1, 0.15) is 16.8 Å². The Balaban J connectivity index is 1.80. The van der Waals surface area contributed by atoms with E-state index in [9.17, 15) is 0 Å². The van der Waals surface area contributed by atoms with E-state index in [0.29, 0.717) is 10.0 Å². The molecule has 0 spiro atoms. The molecule has 27 heavy (non-hydrogen) atoms. The highest BCUT2D eigenvalue weighted by Crippen LogP contribution is 2.32. The average molecular weight is 397 g/mol. The third-order valence-electron chi connectivity index (χ3n) is 4.71. The smallest absolute Gasteiger partial charge is 0.146 e.